The van der Waals surface area contributed by atoms with Crippen LogP contribution in [0.1, 0.15) is 10.5 Å². The number of pyridine rings is 2. The van der Waals surface area contributed by atoms with E-state index in [1.54, 1.807) is 18.2 Å². The van der Waals surface area contributed by atoms with E-state index in [1.165, 1.54) is 31.4 Å². The quantitative estimate of drug-likeness (QED) is 0.602. The molecule has 1 aromatic carbocycles. The molecule has 29 heavy (non-hydrogen) atoms. The summed E-state index contributed by atoms with van der Waals surface area (Å²) in [4.78, 5) is 20.4. The molecule has 2 aromatic heterocycles. The number of aromatic nitrogens is 2. The van der Waals surface area contributed by atoms with E-state index in [9.17, 15) is 9.18 Å². The number of nitrogens with zero attached hydrogens (tertiary/aromatic N) is 2. The van der Waals surface area contributed by atoms with Crippen LogP contribution in [0.5, 0.6) is 5.75 Å². The topological polar surface area (TPSA) is 88.2 Å². The van der Waals surface area contributed by atoms with Gasteiger partial charge in [0.05, 0.1) is 17.9 Å². The summed E-state index contributed by atoms with van der Waals surface area (Å²) in [5, 5.41) is 9.32. The number of amides is 1. The molecule has 1 aliphatic heterocycles. The van der Waals surface area contributed by atoms with Crippen LogP contribution in [0.2, 0.25) is 5.02 Å². The Kier molecular flexibility index (Phi) is 5.18. The lowest BCUT2D eigenvalue weighted by Crippen LogP contribution is -2.20. The fourth-order valence-electron chi connectivity index (χ4n) is 2.96. The fraction of sp³-hybridized carbons (Fsp3) is 0.150. The number of benzene rings is 1. The van der Waals surface area contributed by atoms with Crippen molar-refractivity contribution in [2.45, 2.75) is 0 Å². The third kappa shape index (κ3) is 3.93. The maximum atomic E-state index is 14.4. The highest BCUT2D eigenvalue weighted by atomic mass is 35.5. The highest BCUT2D eigenvalue weighted by molar-refractivity contribution is 6.30. The fourth-order valence-corrected chi connectivity index (χ4v) is 3.13. The van der Waals surface area contributed by atoms with Gasteiger partial charge in [-0.25, -0.2) is 9.37 Å². The van der Waals surface area contributed by atoms with Crippen molar-refractivity contribution in [2.24, 2.45) is 0 Å². The van der Waals surface area contributed by atoms with Crippen LogP contribution in [0.3, 0.4) is 0 Å². The SMILES string of the molecule is CNC(=O)c1cc(Nc2cc(-c3cc(Cl)ccc3F)nc3c2OCCN3)ccn1. The summed E-state index contributed by atoms with van der Waals surface area (Å²) in [6, 6.07) is 9.32. The molecule has 3 aromatic rings. The number of hydrogen-bond acceptors (Lipinski definition) is 6. The van der Waals surface area contributed by atoms with Gasteiger partial charge in [-0.05, 0) is 36.4 Å². The summed E-state index contributed by atoms with van der Waals surface area (Å²) in [5.74, 6) is 0.275. The lowest BCUT2D eigenvalue weighted by atomic mass is 10.1. The van der Waals surface area contributed by atoms with Crippen molar-refractivity contribution < 1.29 is 13.9 Å². The molecule has 0 saturated carbocycles. The number of carbonyl (C=O) groups excluding carboxylic acids is 1. The van der Waals surface area contributed by atoms with Crippen LogP contribution >= 0.6 is 11.6 Å². The second-order valence-electron chi connectivity index (χ2n) is 6.27. The zero-order chi connectivity index (χ0) is 20.4. The third-order valence-corrected chi connectivity index (χ3v) is 4.55. The maximum Gasteiger partial charge on any atom is 0.269 e. The molecule has 9 heteroatoms. The number of rotatable bonds is 4. The summed E-state index contributed by atoms with van der Waals surface area (Å²) in [7, 11) is 1.54. The molecule has 3 N–H and O–H groups in total. The van der Waals surface area contributed by atoms with Crippen LogP contribution in [-0.2, 0) is 0 Å². The highest BCUT2D eigenvalue weighted by Crippen LogP contribution is 2.39. The second kappa shape index (κ2) is 7.92. The molecule has 0 aliphatic carbocycles. The van der Waals surface area contributed by atoms with Gasteiger partial charge in [0.25, 0.3) is 5.91 Å². The van der Waals surface area contributed by atoms with Gasteiger partial charge >= 0.3 is 0 Å². The van der Waals surface area contributed by atoms with Crippen LogP contribution in [0.4, 0.5) is 21.6 Å². The second-order valence-corrected chi connectivity index (χ2v) is 6.70. The number of fused-ring (bicyclic) bond motifs is 1. The van der Waals surface area contributed by atoms with Crippen molar-refractivity contribution in [2.75, 3.05) is 30.8 Å². The van der Waals surface area contributed by atoms with Gasteiger partial charge in [-0.2, -0.15) is 0 Å². The Balaban J connectivity index is 1.78. The highest BCUT2D eigenvalue weighted by Gasteiger charge is 2.20. The molecule has 3 heterocycles. The monoisotopic (exact) mass is 413 g/mol. The smallest absolute Gasteiger partial charge is 0.269 e. The van der Waals surface area contributed by atoms with Crippen molar-refractivity contribution >= 4 is 34.7 Å². The minimum Gasteiger partial charge on any atom is -0.486 e. The standard InChI is InChI=1S/C20H17ClFN5O2/c1-23-20(28)17-9-12(4-5-24-17)26-16-10-15(13-8-11(21)2-3-14(13)22)27-19-18(16)29-7-6-25-19/h2-5,8-10H,6-7H2,1H3,(H,23,28)(H2,24,25,26,27). The van der Waals surface area contributed by atoms with Crippen molar-refractivity contribution in [1.82, 2.24) is 15.3 Å². The number of nitrogens with one attached hydrogen (secondary N) is 3. The summed E-state index contributed by atoms with van der Waals surface area (Å²) >= 11 is 6.05. The zero-order valence-electron chi connectivity index (χ0n) is 15.4. The number of ether oxygens (including phenoxy) is 1. The number of halogens is 2. The minimum absolute atomic E-state index is 0.264. The molecular weight excluding hydrogens is 397 g/mol. The molecule has 1 aliphatic rings. The molecule has 0 bridgehead atoms. The van der Waals surface area contributed by atoms with Gasteiger partial charge in [-0.15, -0.1) is 0 Å². The van der Waals surface area contributed by atoms with Gasteiger partial charge in [0, 0.05) is 29.5 Å². The zero-order valence-corrected chi connectivity index (χ0v) is 16.2. The van der Waals surface area contributed by atoms with E-state index >= 15 is 0 Å². The van der Waals surface area contributed by atoms with E-state index in [0.29, 0.717) is 46.8 Å². The molecule has 148 valence electrons. The molecule has 0 radical (unpaired) electrons. The first-order valence-corrected chi connectivity index (χ1v) is 9.25. The van der Waals surface area contributed by atoms with Gasteiger partial charge in [-0.1, -0.05) is 11.6 Å². The first kappa shape index (κ1) is 18.9. The molecule has 0 unspecified atom stereocenters. The van der Waals surface area contributed by atoms with E-state index in [2.05, 4.69) is 25.9 Å². The predicted molar refractivity (Wildman–Crippen MR) is 110 cm³/mol. The average molecular weight is 414 g/mol. The van der Waals surface area contributed by atoms with Crippen molar-refractivity contribution in [3.8, 4) is 17.0 Å². The summed E-state index contributed by atoms with van der Waals surface area (Å²) in [5.41, 5.74) is 2.13. The van der Waals surface area contributed by atoms with E-state index in [4.69, 9.17) is 16.3 Å². The van der Waals surface area contributed by atoms with E-state index in [0.717, 1.165) is 0 Å². The molecule has 0 spiro atoms. The van der Waals surface area contributed by atoms with Crippen LogP contribution < -0.4 is 20.7 Å². The summed E-state index contributed by atoms with van der Waals surface area (Å²) in [6.45, 7) is 1.05. The molecule has 7 nitrogen and oxygen atoms in total. The number of hydrogen-bond donors (Lipinski definition) is 3. The predicted octanol–water partition coefficient (Wildman–Crippen LogP) is 3.84. The number of anilines is 3. The normalized spacial score (nSPS) is 12.4. The van der Waals surface area contributed by atoms with Gasteiger partial charge < -0.3 is 20.7 Å². The maximum absolute atomic E-state index is 14.4. The first-order valence-electron chi connectivity index (χ1n) is 8.87. The van der Waals surface area contributed by atoms with Gasteiger partial charge in [-0.3, -0.25) is 9.78 Å². The molecular formula is C20H17ClFN5O2. The number of carbonyl (C=O) groups is 1. The van der Waals surface area contributed by atoms with Crippen LogP contribution in [-0.4, -0.2) is 36.1 Å². The Morgan fingerprint density at radius 3 is 2.97 bits per heavy atom. The molecule has 0 saturated heterocycles. The summed E-state index contributed by atoms with van der Waals surface area (Å²) in [6.07, 6.45) is 1.53. The van der Waals surface area contributed by atoms with Crippen molar-refractivity contribution in [1.29, 1.82) is 0 Å². The lowest BCUT2D eigenvalue weighted by molar-refractivity contribution is 0.0958. The van der Waals surface area contributed by atoms with Crippen molar-refractivity contribution in [3.05, 3.63) is 59.1 Å². The Morgan fingerprint density at radius 1 is 1.28 bits per heavy atom. The van der Waals surface area contributed by atoms with E-state index in [1.807, 2.05) is 0 Å². The Labute approximate surface area is 171 Å². The average Bonchev–Trinajstić information content (AvgIpc) is 2.75. The Hall–Kier alpha value is -3.39. The van der Waals surface area contributed by atoms with Crippen molar-refractivity contribution in [3.63, 3.8) is 0 Å². The van der Waals surface area contributed by atoms with Gasteiger partial charge in [0.1, 0.15) is 18.1 Å². The van der Waals surface area contributed by atoms with Gasteiger partial charge in [0.2, 0.25) is 0 Å². The van der Waals surface area contributed by atoms with Crippen LogP contribution in [0.25, 0.3) is 11.3 Å². The van der Waals surface area contributed by atoms with Crippen LogP contribution in [0, 0.1) is 5.82 Å². The Morgan fingerprint density at radius 2 is 2.14 bits per heavy atom. The minimum atomic E-state index is -0.435. The largest absolute Gasteiger partial charge is 0.486 e. The Bertz CT molecular complexity index is 1090. The molecule has 0 fully saturated rings. The van der Waals surface area contributed by atoms with E-state index in [-0.39, 0.29) is 17.2 Å². The van der Waals surface area contributed by atoms with E-state index < -0.39 is 5.82 Å². The lowest BCUT2D eigenvalue weighted by Gasteiger charge is -2.23. The van der Waals surface area contributed by atoms with Crippen LogP contribution in [0.15, 0.2) is 42.6 Å². The molecule has 1 amide bonds. The summed E-state index contributed by atoms with van der Waals surface area (Å²) < 4.78 is 20.2. The van der Waals surface area contributed by atoms with Gasteiger partial charge in [0.15, 0.2) is 11.6 Å². The first-order chi connectivity index (χ1) is 14.0. The third-order valence-electron chi connectivity index (χ3n) is 4.32. The molecule has 4 rings (SSSR count). The molecule has 0 atom stereocenters.